The van der Waals surface area contributed by atoms with Crippen molar-refractivity contribution in [2.24, 2.45) is 5.73 Å². The minimum absolute atomic E-state index is 0.714. The zero-order valence-electron chi connectivity index (χ0n) is 11.8. The normalized spacial score (nSPS) is 21.4. The molecular formula is C14H31N3. The third kappa shape index (κ3) is 5.36. The lowest BCUT2D eigenvalue weighted by atomic mass is 10.1. The Kier molecular flexibility index (Phi) is 7.82. The zero-order valence-corrected chi connectivity index (χ0v) is 11.8. The Balaban J connectivity index is 2.35. The van der Waals surface area contributed by atoms with Crippen molar-refractivity contribution in [3.05, 3.63) is 0 Å². The molecule has 1 aliphatic heterocycles. The molecule has 1 heterocycles. The number of unbranched alkanes of at least 4 members (excludes halogenated alkanes) is 1. The molecule has 1 rings (SSSR count). The molecule has 0 saturated carbocycles. The highest BCUT2D eigenvalue weighted by Gasteiger charge is 2.19. The predicted molar refractivity (Wildman–Crippen MR) is 75.3 cm³/mol. The molecule has 0 radical (unpaired) electrons. The van der Waals surface area contributed by atoms with E-state index in [1.54, 1.807) is 0 Å². The molecule has 1 atom stereocenters. The quantitative estimate of drug-likeness (QED) is 0.739. The maximum atomic E-state index is 5.71. The van der Waals surface area contributed by atoms with E-state index < -0.39 is 0 Å². The molecule has 0 amide bonds. The van der Waals surface area contributed by atoms with Crippen LogP contribution < -0.4 is 5.73 Å². The third-order valence-electron chi connectivity index (χ3n) is 3.94. The maximum absolute atomic E-state index is 5.71. The van der Waals surface area contributed by atoms with Crippen LogP contribution in [0.1, 0.15) is 46.0 Å². The third-order valence-corrected chi connectivity index (χ3v) is 3.94. The maximum Gasteiger partial charge on any atom is 0.0112 e. The highest BCUT2D eigenvalue weighted by Crippen LogP contribution is 2.12. The van der Waals surface area contributed by atoms with Crippen molar-refractivity contribution in [3.8, 4) is 0 Å². The fraction of sp³-hybridized carbons (Fsp3) is 1.00. The molecule has 2 N–H and O–H groups in total. The van der Waals surface area contributed by atoms with Crippen LogP contribution in [0.5, 0.6) is 0 Å². The number of nitrogens with zero attached hydrogens (tertiary/aromatic N) is 2. The SMILES string of the molecule is CCCCN1CCCN(C(CC)CCN)CC1. The van der Waals surface area contributed by atoms with E-state index in [0.29, 0.717) is 6.04 Å². The Morgan fingerprint density at radius 3 is 2.59 bits per heavy atom. The average Bonchev–Trinajstić information content (AvgIpc) is 2.59. The van der Waals surface area contributed by atoms with Gasteiger partial charge in [0.2, 0.25) is 0 Å². The van der Waals surface area contributed by atoms with E-state index in [1.165, 1.54) is 58.4 Å². The van der Waals surface area contributed by atoms with Gasteiger partial charge in [-0.05, 0) is 51.9 Å². The van der Waals surface area contributed by atoms with Crippen molar-refractivity contribution >= 4 is 0 Å². The predicted octanol–water partition coefficient (Wildman–Crippen LogP) is 1.92. The number of hydrogen-bond donors (Lipinski definition) is 1. The first-order valence-corrected chi connectivity index (χ1v) is 7.48. The van der Waals surface area contributed by atoms with E-state index in [1.807, 2.05) is 0 Å². The van der Waals surface area contributed by atoms with Gasteiger partial charge in [-0.15, -0.1) is 0 Å². The second-order valence-electron chi connectivity index (χ2n) is 5.22. The summed E-state index contributed by atoms with van der Waals surface area (Å²) in [6.07, 6.45) is 6.38. The van der Waals surface area contributed by atoms with Crippen LogP contribution in [0.15, 0.2) is 0 Å². The van der Waals surface area contributed by atoms with Crippen LogP contribution in [0.4, 0.5) is 0 Å². The molecular weight excluding hydrogens is 210 g/mol. The Morgan fingerprint density at radius 2 is 1.94 bits per heavy atom. The van der Waals surface area contributed by atoms with Gasteiger partial charge in [0.05, 0.1) is 0 Å². The Morgan fingerprint density at radius 1 is 1.12 bits per heavy atom. The van der Waals surface area contributed by atoms with E-state index >= 15 is 0 Å². The van der Waals surface area contributed by atoms with Crippen molar-refractivity contribution < 1.29 is 0 Å². The Bertz CT molecular complexity index is 184. The van der Waals surface area contributed by atoms with Gasteiger partial charge in [0.15, 0.2) is 0 Å². The molecule has 3 heteroatoms. The molecule has 1 unspecified atom stereocenters. The standard InChI is InChI=1S/C14H31N3/c1-3-5-9-16-10-6-11-17(13-12-16)14(4-2)7-8-15/h14H,3-13,15H2,1-2H3. The van der Waals surface area contributed by atoms with E-state index in [0.717, 1.165) is 13.0 Å². The first kappa shape index (κ1) is 14.9. The van der Waals surface area contributed by atoms with Gasteiger partial charge in [-0.2, -0.15) is 0 Å². The van der Waals surface area contributed by atoms with E-state index in [9.17, 15) is 0 Å². The minimum atomic E-state index is 0.714. The van der Waals surface area contributed by atoms with Crippen molar-refractivity contribution in [2.75, 3.05) is 39.3 Å². The van der Waals surface area contributed by atoms with Crippen LogP contribution >= 0.6 is 0 Å². The summed E-state index contributed by atoms with van der Waals surface area (Å²) in [5.41, 5.74) is 5.71. The zero-order chi connectivity index (χ0) is 12.5. The van der Waals surface area contributed by atoms with Crippen molar-refractivity contribution in [1.82, 2.24) is 9.80 Å². The molecule has 0 aromatic rings. The van der Waals surface area contributed by atoms with Crippen LogP contribution in [0.2, 0.25) is 0 Å². The van der Waals surface area contributed by atoms with Gasteiger partial charge in [-0.3, -0.25) is 4.90 Å². The lowest BCUT2D eigenvalue weighted by Gasteiger charge is -2.29. The fourth-order valence-corrected chi connectivity index (χ4v) is 2.80. The lowest BCUT2D eigenvalue weighted by molar-refractivity contribution is 0.185. The van der Waals surface area contributed by atoms with Crippen LogP contribution in [-0.4, -0.2) is 55.1 Å². The van der Waals surface area contributed by atoms with Crippen LogP contribution in [0.3, 0.4) is 0 Å². The summed E-state index contributed by atoms with van der Waals surface area (Å²) in [5.74, 6) is 0. The Hall–Kier alpha value is -0.120. The number of rotatable bonds is 7. The molecule has 17 heavy (non-hydrogen) atoms. The van der Waals surface area contributed by atoms with Crippen LogP contribution in [-0.2, 0) is 0 Å². The smallest absolute Gasteiger partial charge is 0.0112 e. The summed E-state index contributed by atoms with van der Waals surface area (Å²) >= 11 is 0. The summed E-state index contributed by atoms with van der Waals surface area (Å²) in [4.78, 5) is 5.30. The van der Waals surface area contributed by atoms with E-state index in [4.69, 9.17) is 5.73 Å². The van der Waals surface area contributed by atoms with Crippen LogP contribution in [0.25, 0.3) is 0 Å². The molecule has 1 fully saturated rings. The highest BCUT2D eigenvalue weighted by molar-refractivity contribution is 4.76. The summed E-state index contributed by atoms with van der Waals surface area (Å²) in [5, 5.41) is 0. The molecule has 1 aliphatic rings. The Labute approximate surface area is 107 Å². The monoisotopic (exact) mass is 241 g/mol. The van der Waals surface area contributed by atoms with Gasteiger partial charge in [-0.1, -0.05) is 20.3 Å². The lowest BCUT2D eigenvalue weighted by Crippen LogP contribution is -2.39. The van der Waals surface area contributed by atoms with Gasteiger partial charge >= 0.3 is 0 Å². The van der Waals surface area contributed by atoms with E-state index in [-0.39, 0.29) is 0 Å². The van der Waals surface area contributed by atoms with E-state index in [2.05, 4.69) is 23.6 Å². The van der Waals surface area contributed by atoms with Crippen molar-refractivity contribution in [2.45, 2.75) is 52.0 Å². The highest BCUT2D eigenvalue weighted by atomic mass is 15.2. The van der Waals surface area contributed by atoms with Crippen molar-refractivity contribution in [1.29, 1.82) is 0 Å². The van der Waals surface area contributed by atoms with Gasteiger partial charge in [-0.25, -0.2) is 0 Å². The fourth-order valence-electron chi connectivity index (χ4n) is 2.80. The average molecular weight is 241 g/mol. The largest absolute Gasteiger partial charge is 0.330 e. The summed E-state index contributed by atoms with van der Waals surface area (Å²) in [7, 11) is 0. The molecule has 0 spiro atoms. The first-order valence-electron chi connectivity index (χ1n) is 7.48. The minimum Gasteiger partial charge on any atom is -0.330 e. The second kappa shape index (κ2) is 8.90. The molecule has 0 aromatic heterocycles. The number of nitrogens with two attached hydrogens (primary N) is 1. The molecule has 102 valence electrons. The molecule has 0 bridgehead atoms. The first-order chi connectivity index (χ1) is 8.31. The van der Waals surface area contributed by atoms with Crippen molar-refractivity contribution in [3.63, 3.8) is 0 Å². The van der Waals surface area contributed by atoms with Gasteiger partial charge in [0.1, 0.15) is 0 Å². The molecule has 0 aromatic carbocycles. The summed E-state index contributed by atoms with van der Waals surface area (Å²) in [6, 6.07) is 0.714. The molecule has 0 aliphatic carbocycles. The van der Waals surface area contributed by atoms with Gasteiger partial charge < -0.3 is 10.6 Å². The second-order valence-corrected chi connectivity index (χ2v) is 5.22. The molecule has 3 nitrogen and oxygen atoms in total. The summed E-state index contributed by atoms with van der Waals surface area (Å²) in [6.45, 7) is 11.7. The number of hydrogen-bond acceptors (Lipinski definition) is 3. The topological polar surface area (TPSA) is 32.5 Å². The summed E-state index contributed by atoms with van der Waals surface area (Å²) < 4.78 is 0. The van der Waals surface area contributed by atoms with Gasteiger partial charge in [0.25, 0.3) is 0 Å². The van der Waals surface area contributed by atoms with Gasteiger partial charge in [0, 0.05) is 19.1 Å². The van der Waals surface area contributed by atoms with Crippen LogP contribution in [0, 0.1) is 0 Å². The molecule has 1 saturated heterocycles.